The fourth-order valence-electron chi connectivity index (χ4n) is 1.70. The third-order valence-electron chi connectivity index (χ3n) is 2.51. The Morgan fingerprint density at radius 3 is 2.88 bits per heavy atom. The minimum Gasteiger partial charge on any atom is -0.366 e. The van der Waals surface area contributed by atoms with Gasteiger partial charge in [-0.2, -0.15) is 5.10 Å². The van der Waals surface area contributed by atoms with Gasteiger partial charge in [0.05, 0.1) is 5.69 Å². The first-order valence-corrected chi connectivity index (χ1v) is 6.35. The summed E-state index contributed by atoms with van der Waals surface area (Å²) in [7, 11) is 1.94. The second kappa shape index (κ2) is 5.31. The van der Waals surface area contributed by atoms with Crippen molar-refractivity contribution in [3.05, 3.63) is 40.3 Å². The van der Waals surface area contributed by atoms with Gasteiger partial charge in [-0.15, -0.1) is 0 Å². The third kappa shape index (κ3) is 3.06. The van der Waals surface area contributed by atoms with E-state index in [-0.39, 0.29) is 0 Å². The predicted octanol–water partition coefficient (Wildman–Crippen LogP) is 2.75. The topological polar surface area (TPSA) is 42.7 Å². The lowest BCUT2D eigenvalue weighted by Gasteiger charge is -2.04. The van der Waals surface area contributed by atoms with Crippen LogP contribution in [0.1, 0.15) is 18.2 Å². The summed E-state index contributed by atoms with van der Waals surface area (Å²) < 4.78 is 2.84. The highest BCUT2D eigenvalue weighted by Crippen LogP contribution is 2.13. The van der Waals surface area contributed by atoms with Crippen molar-refractivity contribution in [3.8, 4) is 0 Å². The summed E-state index contributed by atoms with van der Waals surface area (Å²) in [5.74, 6) is 0.874. The van der Waals surface area contributed by atoms with Crippen LogP contribution in [-0.4, -0.2) is 14.8 Å². The molecule has 2 heterocycles. The normalized spacial score (nSPS) is 10.5. The Labute approximate surface area is 109 Å². The van der Waals surface area contributed by atoms with Gasteiger partial charge in [-0.05, 0) is 34.5 Å². The molecule has 0 aliphatic carbocycles. The van der Waals surface area contributed by atoms with Crippen molar-refractivity contribution in [2.75, 3.05) is 5.32 Å². The van der Waals surface area contributed by atoms with Crippen LogP contribution in [0.4, 0.5) is 5.82 Å². The maximum atomic E-state index is 4.40. The minimum atomic E-state index is 0.756. The molecule has 4 nitrogen and oxygen atoms in total. The van der Waals surface area contributed by atoms with Crippen molar-refractivity contribution >= 4 is 21.7 Å². The Hall–Kier alpha value is -1.36. The lowest BCUT2D eigenvalue weighted by molar-refractivity contribution is 0.746. The first-order chi connectivity index (χ1) is 8.19. The van der Waals surface area contributed by atoms with Gasteiger partial charge in [-0.3, -0.25) is 4.68 Å². The zero-order valence-electron chi connectivity index (χ0n) is 9.94. The number of hydrogen-bond donors (Lipinski definition) is 1. The molecule has 0 atom stereocenters. The van der Waals surface area contributed by atoms with Gasteiger partial charge in [0, 0.05) is 36.0 Å². The number of anilines is 1. The highest BCUT2D eigenvalue weighted by molar-refractivity contribution is 9.10. The number of hydrogen-bond acceptors (Lipinski definition) is 3. The van der Waals surface area contributed by atoms with Crippen LogP contribution in [0.5, 0.6) is 0 Å². The Bertz CT molecular complexity index is 490. The number of pyridine rings is 1. The lowest BCUT2D eigenvalue weighted by Crippen LogP contribution is -2.02. The van der Waals surface area contributed by atoms with Gasteiger partial charge in [0.25, 0.3) is 0 Å². The molecule has 0 saturated carbocycles. The number of rotatable bonds is 4. The van der Waals surface area contributed by atoms with Crippen LogP contribution in [0.2, 0.25) is 0 Å². The van der Waals surface area contributed by atoms with Crippen molar-refractivity contribution in [1.82, 2.24) is 14.8 Å². The minimum absolute atomic E-state index is 0.756. The number of nitrogens with one attached hydrogen (secondary N) is 1. The Morgan fingerprint density at radius 2 is 2.24 bits per heavy atom. The van der Waals surface area contributed by atoms with E-state index >= 15 is 0 Å². The van der Waals surface area contributed by atoms with Crippen molar-refractivity contribution < 1.29 is 0 Å². The zero-order valence-corrected chi connectivity index (χ0v) is 11.5. The Balaban J connectivity index is 2.04. The van der Waals surface area contributed by atoms with Gasteiger partial charge in [0.2, 0.25) is 0 Å². The summed E-state index contributed by atoms with van der Waals surface area (Å²) in [6.07, 6.45) is 4.78. The van der Waals surface area contributed by atoms with Crippen LogP contribution in [0.3, 0.4) is 0 Å². The molecule has 2 rings (SSSR count). The van der Waals surface area contributed by atoms with Gasteiger partial charge >= 0.3 is 0 Å². The Kier molecular flexibility index (Phi) is 3.78. The van der Waals surface area contributed by atoms with E-state index in [4.69, 9.17) is 0 Å². The summed E-state index contributed by atoms with van der Waals surface area (Å²) in [6.45, 7) is 2.87. The van der Waals surface area contributed by atoms with Gasteiger partial charge in [-0.25, -0.2) is 4.98 Å². The molecular formula is C12H15BrN4. The molecule has 2 aromatic heterocycles. The number of aryl methyl sites for hydroxylation is 2. The molecule has 0 aromatic carbocycles. The van der Waals surface area contributed by atoms with Gasteiger partial charge in [0.1, 0.15) is 5.82 Å². The number of aromatic nitrogens is 3. The molecule has 17 heavy (non-hydrogen) atoms. The van der Waals surface area contributed by atoms with E-state index in [1.807, 2.05) is 30.1 Å². The molecule has 0 bridgehead atoms. The summed E-state index contributed by atoms with van der Waals surface area (Å²) in [6, 6.07) is 3.92. The van der Waals surface area contributed by atoms with E-state index < -0.39 is 0 Å². The monoisotopic (exact) mass is 294 g/mol. The predicted molar refractivity (Wildman–Crippen MR) is 71.8 cm³/mol. The summed E-state index contributed by atoms with van der Waals surface area (Å²) >= 11 is 3.36. The third-order valence-corrected chi connectivity index (χ3v) is 2.98. The van der Waals surface area contributed by atoms with E-state index in [1.54, 1.807) is 6.20 Å². The van der Waals surface area contributed by atoms with Crippen LogP contribution in [0.25, 0.3) is 0 Å². The van der Waals surface area contributed by atoms with Crippen LogP contribution < -0.4 is 5.32 Å². The molecule has 1 N–H and O–H groups in total. The van der Waals surface area contributed by atoms with Gasteiger partial charge in [-0.1, -0.05) is 6.92 Å². The quantitative estimate of drug-likeness (QED) is 0.943. The second-order valence-corrected chi connectivity index (χ2v) is 4.76. The Morgan fingerprint density at radius 1 is 1.41 bits per heavy atom. The molecular weight excluding hydrogens is 280 g/mol. The fourth-order valence-corrected chi connectivity index (χ4v) is 1.93. The second-order valence-electron chi connectivity index (χ2n) is 3.84. The fraction of sp³-hybridized carbons (Fsp3) is 0.333. The van der Waals surface area contributed by atoms with Crippen LogP contribution >= 0.6 is 15.9 Å². The van der Waals surface area contributed by atoms with Crippen molar-refractivity contribution in [2.45, 2.75) is 19.9 Å². The molecule has 0 unspecified atom stereocenters. The SMILES string of the molecule is CCc1nn(C)cc1CNc1ccc(Br)cn1. The summed E-state index contributed by atoms with van der Waals surface area (Å²) in [5.41, 5.74) is 2.36. The smallest absolute Gasteiger partial charge is 0.126 e. The van der Waals surface area contributed by atoms with Crippen LogP contribution in [0, 0.1) is 0 Å². The molecule has 0 amide bonds. The average molecular weight is 295 g/mol. The molecule has 5 heteroatoms. The zero-order chi connectivity index (χ0) is 12.3. The van der Waals surface area contributed by atoms with Gasteiger partial charge < -0.3 is 5.32 Å². The molecule has 0 fully saturated rings. The van der Waals surface area contributed by atoms with E-state index in [0.29, 0.717) is 0 Å². The van der Waals surface area contributed by atoms with E-state index in [0.717, 1.165) is 29.0 Å². The molecule has 0 aliphatic heterocycles. The van der Waals surface area contributed by atoms with E-state index in [1.165, 1.54) is 5.56 Å². The average Bonchev–Trinajstić information content (AvgIpc) is 2.69. The maximum absolute atomic E-state index is 4.40. The highest BCUT2D eigenvalue weighted by Gasteiger charge is 2.05. The first-order valence-electron chi connectivity index (χ1n) is 5.56. The summed E-state index contributed by atoms with van der Waals surface area (Å²) in [4.78, 5) is 4.27. The summed E-state index contributed by atoms with van der Waals surface area (Å²) in [5, 5.41) is 7.70. The van der Waals surface area contributed by atoms with Crippen molar-refractivity contribution in [2.24, 2.45) is 7.05 Å². The molecule has 2 aromatic rings. The van der Waals surface area contributed by atoms with Crippen molar-refractivity contribution in [3.63, 3.8) is 0 Å². The first kappa shape index (κ1) is 12.1. The molecule has 0 aliphatic rings. The van der Waals surface area contributed by atoms with Crippen LogP contribution in [-0.2, 0) is 20.0 Å². The molecule has 0 saturated heterocycles. The molecule has 90 valence electrons. The standard InChI is InChI=1S/C12H15BrN4/c1-3-11-9(8-17(2)16-11)6-14-12-5-4-10(13)7-15-12/h4-5,7-8H,3,6H2,1-2H3,(H,14,15). The van der Waals surface area contributed by atoms with Crippen molar-refractivity contribution in [1.29, 1.82) is 0 Å². The van der Waals surface area contributed by atoms with E-state index in [9.17, 15) is 0 Å². The van der Waals surface area contributed by atoms with E-state index in [2.05, 4.69) is 38.3 Å². The number of nitrogens with zero attached hydrogens (tertiary/aromatic N) is 3. The lowest BCUT2D eigenvalue weighted by atomic mass is 10.2. The molecule has 0 radical (unpaired) electrons. The largest absolute Gasteiger partial charge is 0.366 e. The number of halogens is 1. The van der Waals surface area contributed by atoms with Gasteiger partial charge in [0.15, 0.2) is 0 Å². The highest BCUT2D eigenvalue weighted by atomic mass is 79.9. The van der Waals surface area contributed by atoms with Crippen LogP contribution in [0.15, 0.2) is 29.0 Å². The molecule has 0 spiro atoms. The maximum Gasteiger partial charge on any atom is 0.126 e.